The minimum absolute atomic E-state index is 0.0223. The molecule has 0 aliphatic carbocycles. The van der Waals surface area contributed by atoms with Gasteiger partial charge in [0.15, 0.2) is 0 Å². The van der Waals surface area contributed by atoms with Crippen LogP contribution in [0.15, 0.2) is 22.7 Å². The van der Waals surface area contributed by atoms with Crippen LogP contribution < -0.4 is 5.32 Å². The predicted molar refractivity (Wildman–Crippen MR) is 86.7 cm³/mol. The van der Waals surface area contributed by atoms with Crippen LogP contribution in [0.2, 0.25) is 0 Å². The highest BCUT2D eigenvalue weighted by molar-refractivity contribution is 9.10. The Hall–Kier alpha value is -0.780. The van der Waals surface area contributed by atoms with Gasteiger partial charge in [-0.25, -0.2) is 9.37 Å². The van der Waals surface area contributed by atoms with Crippen molar-refractivity contribution >= 4 is 27.3 Å². The second-order valence-electron chi connectivity index (χ2n) is 5.73. The van der Waals surface area contributed by atoms with Crippen molar-refractivity contribution in [2.75, 3.05) is 7.05 Å². The Morgan fingerprint density at radius 2 is 2.00 bits per heavy atom. The Balaban J connectivity index is 2.52. The van der Waals surface area contributed by atoms with E-state index >= 15 is 0 Å². The number of benzene rings is 1. The van der Waals surface area contributed by atoms with Crippen LogP contribution in [0.5, 0.6) is 0 Å². The molecule has 1 aromatic heterocycles. The first-order valence-corrected chi connectivity index (χ1v) is 8.03. The van der Waals surface area contributed by atoms with Gasteiger partial charge in [0.1, 0.15) is 10.8 Å². The average Bonchev–Trinajstić information content (AvgIpc) is 2.72. The molecule has 108 valence electrons. The topological polar surface area (TPSA) is 24.9 Å². The van der Waals surface area contributed by atoms with Crippen molar-refractivity contribution < 1.29 is 4.39 Å². The highest BCUT2D eigenvalue weighted by Crippen LogP contribution is 2.35. The summed E-state index contributed by atoms with van der Waals surface area (Å²) in [4.78, 5) is 5.95. The lowest BCUT2D eigenvalue weighted by Gasteiger charge is -2.17. The molecule has 0 radical (unpaired) electrons. The molecule has 1 heterocycles. The lowest BCUT2D eigenvalue weighted by molar-refractivity contribution is 0.563. The molecule has 1 N–H and O–H groups in total. The number of thiazole rings is 1. The van der Waals surface area contributed by atoms with E-state index in [0.29, 0.717) is 0 Å². The fraction of sp³-hybridized carbons (Fsp3) is 0.400. The minimum Gasteiger partial charge on any atom is -0.315 e. The lowest BCUT2D eigenvalue weighted by Crippen LogP contribution is -2.16. The molecule has 0 aliphatic heterocycles. The molecule has 0 saturated heterocycles. The Morgan fingerprint density at radius 1 is 1.30 bits per heavy atom. The number of rotatable bonds is 3. The summed E-state index contributed by atoms with van der Waals surface area (Å²) in [7, 11) is 1.92. The normalized spacial score (nSPS) is 11.9. The molecule has 0 fully saturated rings. The summed E-state index contributed by atoms with van der Waals surface area (Å²) in [6, 6.07) is 4.88. The Bertz CT molecular complexity index is 597. The van der Waals surface area contributed by atoms with E-state index in [1.165, 1.54) is 17.0 Å². The number of nitrogens with zero attached hydrogens (tertiary/aromatic N) is 1. The number of nitrogens with one attached hydrogen (secondary N) is 1. The summed E-state index contributed by atoms with van der Waals surface area (Å²) in [5, 5.41) is 4.03. The first-order valence-electron chi connectivity index (χ1n) is 6.42. The second kappa shape index (κ2) is 5.92. The maximum absolute atomic E-state index is 13.5. The van der Waals surface area contributed by atoms with Crippen molar-refractivity contribution in [2.24, 2.45) is 0 Å². The number of aromatic nitrogens is 1. The molecular formula is C15H18BrFN2S. The second-order valence-corrected chi connectivity index (χ2v) is 7.73. The molecule has 0 unspecified atom stereocenters. The van der Waals surface area contributed by atoms with Crippen LogP contribution in [0.4, 0.5) is 4.39 Å². The smallest absolute Gasteiger partial charge is 0.125 e. The van der Waals surface area contributed by atoms with E-state index in [2.05, 4.69) is 42.0 Å². The summed E-state index contributed by atoms with van der Waals surface area (Å²) in [5.74, 6) is -0.253. The Labute approximate surface area is 131 Å². The molecular weight excluding hydrogens is 339 g/mol. The predicted octanol–water partition coefficient (Wildman–Crippen LogP) is 4.73. The zero-order valence-corrected chi connectivity index (χ0v) is 14.5. The van der Waals surface area contributed by atoms with Gasteiger partial charge in [-0.15, -0.1) is 11.3 Å². The fourth-order valence-corrected chi connectivity index (χ4v) is 3.76. The van der Waals surface area contributed by atoms with Crippen LogP contribution in [0.1, 0.15) is 31.3 Å². The van der Waals surface area contributed by atoms with E-state index in [9.17, 15) is 4.39 Å². The van der Waals surface area contributed by atoms with Crippen molar-refractivity contribution in [3.8, 4) is 10.6 Å². The third kappa shape index (κ3) is 3.45. The molecule has 0 atom stereocenters. The summed E-state index contributed by atoms with van der Waals surface area (Å²) >= 11 is 4.95. The van der Waals surface area contributed by atoms with E-state index in [-0.39, 0.29) is 11.2 Å². The van der Waals surface area contributed by atoms with Gasteiger partial charge in [-0.3, -0.25) is 0 Å². The molecule has 2 nitrogen and oxygen atoms in total. The first kappa shape index (κ1) is 15.6. The SMILES string of the molecule is CNCc1sc(-c2cc(F)cc(Br)c2)nc1C(C)(C)C. The summed E-state index contributed by atoms with van der Waals surface area (Å²) in [5.41, 5.74) is 1.87. The van der Waals surface area contributed by atoms with Gasteiger partial charge in [-0.05, 0) is 25.2 Å². The molecule has 1 aromatic carbocycles. The van der Waals surface area contributed by atoms with E-state index in [1.807, 2.05) is 13.1 Å². The van der Waals surface area contributed by atoms with E-state index < -0.39 is 0 Å². The van der Waals surface area contributed by atoms with E-state index in [4.69, 9.17) is 4.98 Å². The summed E-state index contributed by atoms with van der Waals surface area (Å²) < 4.78 is 14.3. The van der Waals surface area contributed by atoms with Crippen LogP contribution in [-0.4, -0.2) is 12.0 Å². The molecule has 2 aromatic rings. The zero-order chi connectivity index (χ0) is 14.9. The molecule has 0 amide bonds. The Kier molecular flexibility index (Phi) is 4.62. The largest absolute Gasteiger partial charge is 0.315 e. The molecule has 5 heteroatoms. The molecule has 0 bridgehead atoms. The molecule has 0 saturated carbocycles. The standard InChI is InChI=1S/C15H18BrFN2S/c1-15(2,3)13-12(8-18-4)20-14(19-13)9-5-10(16)7-11(17)6-9/h5-7,18H,8H2,1-4H3. The van der Waals surface area contributed by atoms with Gasteiger partial charge in [0.2, 0.25) is 0 Å². The third-order valence-corrected chi connectivity index (χ3v) is 4.42. The average molecular weight is 357 g/mol. The van der Waals surface area contributed by atoms with Crippen molar-refractivity contribution in [1.82, 2.24) is 10.3 Å². The summed E-state index contributed by atoms with van der Waals surface area (Å²) in [6.07, 6.45) is 0. The molecule has 20 heavy (non-hydrogen) atoms. The van der Waals surface area contributed by atoms with Crippen LogP contribution in [-0.2, 0) is 12.0 Å². The number of hydrogen-bond acceptors (Lipinski definition) is 3. The monoisotopic (exact) mass is 356 g/mol. The van der Waals surface area contributed by atoms with Crippen LogP contribution >= 0.6 is 27.3 Å². The Morgan fingerprint density at radius 3 is 2.55 bits per heavy atom. The number of halogens is 2. The van der Waals surface area contributed by atoms with Gasteiger partial charge >= 0.3 is 0 Å². The van der Waals surface area contributed by atoms with Crippen LogP contribution in [0.25, 0.3) is 10.6 Å². The van der Waals surface area contributed by atoms with Gasteiger partial charge in [-0.1, -0.05) is 36.7 Å². The van der Waals surface area contributed by atoms with Crippen molar-refractivity contribution in [3.63, 3.8) is 0 Å². The molecule has 0 aliphatic rings. The highest BCUT2D eigenvalue weighted by atomic mass is 79.9. The number of hydrogen-bond donors (Lipinski definition) is 1. The van der Waals surface area contributed by atoms with Gasteiger partial charge in [0, 0.05) is 26.9 Å². The molecule has 2 rings (SSSR count). The lowest BCUT2D eigenvalue weighted by atomic mass is 9.91. The van der Waals surface area contributed by atoms with E-state index in [1.54, 1.807) is 11.3 Å². The fourth-order valence-electron chi connectivity index (χ4n) is 2.02. The van der Waals surface area contributed by atoms with Crippen LogP contribution in [0.3, 0.4) is 0 Å². The maximum atomic E-state index is 13.5. The third-order valence-electron chi connectivity index (χ3n) is 2.85. The molecule has 0 spiro atoms. The van der Waals surface area contributed by atoms with Crippen LogP contribution in [0, 0.1) is 5.82 Å². The van der Waals surface area contributed by atoms with Crippen molar-refractivity contribution in [3.05, 3.63) is 39.1 Å². The zero-order valence-electron chi connectivity index (χ0n) is 12.1. The van der Waals surface area contributed by atoms with Gasteiger partial charge in [-0.2, -0.15) is 0 Å². The van der Waals surface area contributed by atoms with Gasteiger partial charge < -0.3 is 5.32 Å². The minimum atomic E-state index is -0.253. The van der Waals surface area contributed by atoms with Crippen molar-refractivity contribution in [1.29, 1.82) is 0 Å². The van der Waals surface area contributed by atoms with Gasteiger partial charge in [0.25, 0.3) is 0 Å². The quantitative estimate of drug-likeness (QED) is 0.859. The summed E-state index contributed by atoms with van der Waals surface area (Å²) in [6.45, 7) is 7.21. The first-order chi connectivity index (χ1) is 9.31. The van der Waals surface area contributed by atoms with E-state index in [0.717, 1.165) is 27.3 Å². The van der Waals surface area contributed by atoms with Crippen molar-refractivity contribution in [2.45, 2.75) is 32.7 Å². The highest BCUT2D eigenvalue weighted by Gasteiger charge is 2.23. The maximum Gasteiger partial charge on any atom is 0.125 e. The van der Waals surface area contributed by atoms with Gasteiger partial charge in [0.05, 0.1) is 5.69 Å².